The molecule has 33 heavy (non-hydrogen) atoms. The second-order valence-electron chi connectivity index (χ2n) is 8.26. The Kier molecular flexibility index (Phi) is 6.21. The standard InChI is InChI=1S/C27H25ClN2O2S/c28-25-15-16-26(24-14-8-7-13-23(24)25)33(31,32)30-19-17-29(18-20-30)27(21-9-3-1-4-10-21)22-11-5-2-6-12-22/h1-16,27H,17-20H2. The highest BCUT2D eigenvalue weighted by Gasteiger charge is 2.33. The molecule has 1 saturated heterocycles. The molecule has 0 spiro atoms. The summed E-state index contributed by atoms with van der Waals surface area (Å²) in [5, 5.41) is 1.98. The summed E-state index contributed by atoms with van der Waals surface area (Å²) in [6, 6.07) is 31.6. The molecule has 4 aromatic carbocycles. The Balaban J connectivity index is 1.42. The number of hydrogen-bond donors (Lipinski definition) is 0. The molecule has 0 radical (unpaired) electrons. The van der Waals surface area contributed by atoms with E-state index in [4.69, 9.17) is 11.6 Å². The van der Waals surface area contributed by atoms with E-state index in [1.807, 2.05) is 36.4 Å². The second kappa shape index (κ2) is 9.27. The molecule has 5 rings (SSSR count). The molecule has 1 fully saturated rings. The van der Waals surface area contributed by atoms with Gasteiger partial charge in [-0.15, -0.1) is 0 Å². The maximum Gasteiger partial charge on any atom is 0.243 e. The van der Waals surface area contributed by atoms with Crippen LogP contribution in [-0.2, 0) is 10.0 Å². The van der Waals surface area contributed by atoms with Crippen LogP contribution < -0.4 is 0 Å². The van der Waals surface area contributed by atoms with E-state index in [1.165, 1.54) is 11.1 Å². The van der Waals surface area contributed by atoms with Crippen LogP contribution in [0.2, 0.25) is 5.02 Å². The summed E-state index contributed by atoms with van der Waals surface area (Å²) in [4.78, 5) is 2.69. The zero-order valence-electron chi connectivity index (χ0n) is 18.1. The summed E-state index contributed by atoms with van der Waals surface area (Å²) in [5.41, 5.74) is 2.42. The number of piperazine rings is 1. The number of fused-ring (bicyclic) bond motifs is 1. The van der Waals surface area contributed by atoms with Crippen molar-refractivity contribution in [2.24, 2.45) is 0 Å². The average molecular weight is 477 g/mol. The van der Waals surface area contributed by atoms with Crippen molar-refractivity contribution < 1.29 is 8.42 Å². The van der Waals surface area contributed by atoms with Gasteiger partial charge in [-0.2, -0.15) is 4.31 Å². The highest BCUT2D eigenvalue weighted by Crippen LogP contribution is 2.33. The Morgan fingerprint density at radius 2 is 1.15 bits per heavy atom. The number of hydrogen-bond acceptors (Lipinski definition) is 3. The van der Waals surface area contributed by atoms with E-state index in [9.17, 15) is 8.42 Å². The van der Waals surface area contributed by atoms with E-state index >= 15 is 0 Å². The highest BCUT2D eigenvalue weighted by atomic mass is 35.5. The van der Waals surface area contributed by atoms with E-state index < -0.39 is 10.0 Å². The predicted molar refractivity (Wildman–Crippen MR) is 134 cm³/mol. The first-order valence-electron chi connectivity index (χ1n) is 11.1. The molecule has 0 bridgehead atoms. The third kappa shape index (κ3) is 4.30. The smallest absolute Gasteiger partial charge is 0.243 e. The van der Waals surface area contributed by atoms with E-state index in [0.717, 1.165) is 5.39 Å². The van der Waals surface area contributed by atoms with Gasteiger partial charge in [-0.05, 0) is 23.3 Å². The first-order chi connectivity index (χ1) is 16.1. The lowest BCUT2D eigenvalue weighted by molar-refractivity contribution is 0.156. The largest absolute Gasteiger partial charge is 0.290 e. The Labute approximate surface area is 200 Å². The van der Waals surface area contributed by atoms with Gasteiger partial charge in [-0.25, -0.2) is 8.42 Å². The minimum atomic E-state index is -3.64. The maximum absolute atomic E-state index is 13.6. The normalized spacial score (nSPS) is 15.8. The van der Waals surface area contributed by atoms with Crippen LogP contribution in [0.3, 0.4) is 0 Å². The van der Waals surface area contributed by atoms with Crippen LogP contribution in [0.15, 0.2) is 102 Å². The summed E-state index contributed by atoms with van der Waals surface area (Å²) in [5.74, 6) is 0. The van der Waals surface area contributed by atoms with Gasteiger partial charge in [0, 0.05) is 42.0 Å². The van der Waals surface area contributed by atoms with Gasteiger partial charge in [-0.1, -0.05) is 96.5 Å². The Hall–Kier alpha value is -2.70. The van der Waals surface area contributed by atoms with Crippen molar-refractivity contribution >= 4 is 32.4 Å². The molecule has 4 aromatic rings. The van der Waals surface area contributed by atoms with Crippen LogP contribution in [0.5, 0.6) is 0 Å². The van der Waals surface area contributed by atoms with Crippen LogP contribution >= 0.6 is 11.6 Å². The van der Waals surface area contributed by atoms with Crippen LogP contribution in [0, 0.1) is 0 Å². The zero-order valence-corrected chi connectivity index (χ0v) is 19.7. The fourth-order valence-electron chi connectivity index (χ4n) is 4.69. The molecule has 1 heterocycles. The molecular weight excluding hydrogens is 452 g/mol. The minimum absolute atomic E-state index is 0.0913. The monoisotopic (exact) mass is 476 g/mol. The minimum Gasteiger partial charge on any atom is -0.290 e. The van der Waals surface area contributed by atoms with Crippen molar-refractivity contribution in [1.29, 1.82) is 0 Å². The van der Waals surface area contributed by atoms with Gasteiger partial charge >= 0.3 is 0 Å². The molecule has 0 amide bonds. The summed E-state index contributed by atoms with van der Waals surface area (Å²) in [6.07, 6.45) is 0. The first-order valence-corrected chi connectivity index (χ1v) is 12.9. The van der Waals surface area contributed by atoms with Crippen molar-refractivity contribution in [3.05, 3.63) is 113 Å². The summed E-state index contributed by atoms with van der Waals surface area (Å²) < 4.78 is 28.8. The second-order valence-corrected chi connectivity index (χ2v) is 10.6. The zero-order chi connectivity index (χ0) is 22.8. The number of halogens is 1. The van der Waals surface area contributed by atoms with Gasteiger partial charge < -0.3 is 0 Å². The molecule has 6 heteroatoms. The molecule has 0 saturated carbocycles. The maximum atomic E-state index is 13.6. The summed E-state index contributed by atoms with van der Waals surface area (Å²) in [7, 11) is -3.64. The van der Waals surface area contributed by atoms with E-state index in [1.54, 1.807) is 16.4 Å². The van der Waals surface area contributed by atoms with E-state index in [0.29, 0.717) is 41.5 Å². The lowest BCUT2D eigenvalue weighted by atomic mass is 9.96. The van der Waals surface area contributed by atoms with Crippen molar-refractivity contribution in [2.45, 2.75) is 10.9 Å². The number of sulfonamides is 1. The van der Waals surface area contributed by atoms with Crippen molar-refractivity contribution in [2.75, 3.05) is 26.2 Å². The SMILES string of the molecule is O=S(=O)(c1ccc(Cl)c2ccccc12)N1CCN(C(c2ccccc2)c2ccccc2)CC1. The summed E-state index contributed by atoms with van der Waals surface area (Å²) >= 11 is 6.32. The predicted octanol–water partition coefficient (Wildman–Crippen LogP) is 5.59. The van der Waals surface area contributed by atoms with Gasteiger partial charge in [0.25, 0.3) is 0 Å². The molecule has 0 aliphatic carbocycles. The van der Waals surface area contributed by atoms with Crippen LogP contribution in [0.25, 0.3) is 10.8 Å². The fourth-order valence-corrected chi connectivity index (χ4v) is 6.53. The molecule has 1 aliphatic rings. The lowest BCUT2D eigenvalue weighted by Crippen LogP contribution is -2.49. The van der Waals surface area contributed by atoms with Crippen LogP contribution in [0.4, 0.5) is 0 Å². The lowest BCUT2D eigenvalue weighted by Gasteiger charge is -2.39. The molecule has 168 valence electrons. The van der Waals surface area contributed by atoms with Crippen molar-refractivity contribution in [3.63, 3.8) is 0 Å². The third-order valence-electron chi connectivity index (χ3n) is 6.32. The van der Waals surface area contributed by atoms with Gasteiger partial charge in [0.05, 0.1) is 10.9 Å². The van der Waals surface area contributed by atoms with E-state index in [-0.39, 0.29) is 6.04 Å². The Morgan fingerprint density at radius 1 is 0.636 bits per heavy atom. The molecule has 1 aliphatic heterocycles. The highest BCUT2D eigenvalue weighted by molar-refractivity contribution is 7.89. The Bertz CT molecular complexity index is 1310. The third-order valence-corrected chi connectivity index (χ3v) is 8.60. The fraction of sp³-hybridized carbons (Fsp3) is 0.185. The molecule has 0 N–H and O–H groups in total. The Morgan fingerprint density at radius 3 is 1.73 bits per heavy atom. The number of nitrogens with zero attached hydrogens (tertiary/aromatic N) is 2. The number of benzene rings is 4. The van der Waals surface area contributed by atoms with E-state index in [2.05, 4.69) is 53.4 Å². The molecule has 0 atom stereocenters. The average Bonchev–Trinajstić information content (AvgIpc) is 2.86. The van der Waals surface area contributed by atoms with Gasteiger partial charge in [0.2, 0.25) is 10.0 Å². The molecule has 0 aromatic heterocycles. The van der Waals surface area contributed by atoms with Crippen molar-refractivity contribution in [3.8, 4) is 0 Å². The van der Waals surface area contributed by atoms with Gasteiger partial charge in [0.1, 0.15) is 0 Å². The van der Waals surface area contributed by atoms with Crippen LogP contribution in [-0.4, -0.2) is 43.8 Å². The quantitative estimate of drug-likeness (QED) is 0.377. The van der Waals surface area contributed by atoms with Crippen LogP contribution in [0.1, 0.15) is 17.2 Å². The van der Waals surface area contributed by atoms with Crippen molar-refractivity contribution in [1.82, 2.24) is 9.21 Å². The molecule has 0 unspecified atom stereocenters. The first kappa shape index (κ1) is 22.1. The number of rotatable bonds is 5. The van der Waals surface area contributed by atoms with Gasteiger partial charge in [-0.3, -0.25) is 4.90 Å². The molecular formula is C27H25ClN2O2S. The topological polar surface area (TPSA) is 40.6 Å². The molecule has 4 nitrogen and oxygen atoms in total. The van der Waals surface area contributed by atoms with Gasteiger partial charge in [0.15, 0.2) is 0 Å². The summed E-state index contributed by atoms with van der Waals surface area (Å²) in [6.45, 7) is 2.18.